The molecule has 2 heteroatoms. The number of hydrogen-bond donors (Lipinski definition) is 1. The second-order valence-corrected chi connectivity index (χ2v) is 4.19. The van der Waals surface area contributed by atoms with Gasteiger partial charge in [0, 0.05) is 18.3 Å². The van der Waals surface area contributed by atoms with Crippen molar-refractivity contribution in [2.75, 3.05) is 19.3 Å². The van der Waals surface area contributed by atoms with E-state index in [0.717, 1.165) is 18.7 Å². The zero-order valence-corrected chi connectivity index (χ0v) is 9.87. The van der Waals surface area contributed by atoms with Gasteiger partial charge in [-0.3, -0.25) is 0 Å². The van der Waals surface area contributed by atoms with E-state index in [1.807, 2.05) is 0 Å². The van der Waals surface area contributed by atoms with Crippen molar-refractivity contribution >= 4 is 12.6 Å². The largest absolute Gasteiger partial charge is 0.303 e. The average molecular weight is 209 g/mol. The number of rotatable bonds is 5. The van der Waals surface area contributed by atoms with Gasteiger partial charge in [-0.2, -0.15) is 12.6 Å². The van der Waals surface area contributed by atoms with Gasteiger partial charge < -0.3 is 4.90 Å². The minimum Gasteiger partial charge on any atom is -0.303 e. The number of thiol groups is 1. The van der Waals surface area contributed by atoms with E-state index < -0.39 is 0 Å². The van der Waals surface area contributed by atoms with Crippen molar-refractivity contribution < 1.29 is 0 Å². The molecule has 1 atom stereocenters. The Hall–Kier alpha value is -0.470. The van der Waals surface area contributed by atoms with Crippen LogP contribution in [0, 0.1) is 0 Å². The van der Waals surface area contributed by atoms with E-state index in [2.05, 4.69) is 61.8 Å². The van der Waals surface area contributed by atoms with Crippen molar-refractivity contribution in [1.29, 1.82) is 0 Å². The maximum atomic E-state index is 4.24. The summed E-state index contributed by atoms with van der Waals surface area (Å²) in [5, 5.41) is 0. The van der Waals surface area contributed by atoms with Crippen molar-refractivity contribution in [1.82, 2.24) is 4.90 Å². The predicted octanol–water partition coefficient (Wildman–Crippen LogP) is 2.48. The van der Waals surface area contributed by atoms with E-state index in [0.29, 0.717) is 6.04 Å². The van der Waals surface area contributed by atoms with Crippen molar-refractivity contribution in [3.63, 3.8) is 0 Å². The first kappa shape index (κ1) is 11.6. The molecule has 1 aromatic rings. The number of hydrogen-bond acceptors (Lipinski definition) is 2. The van der Waals surface area contributed by atoms with Crippen LogP contribution >= 0.6 is 12.6 Å². The molecule has 1 rings (SSSR count). The molecule has 0 bridgehead atoms. The van der Waals surface area contributed by atoms with Crippen LogP contribution in [0.15, 0.2) is 30.3 Å². The minimum absolute atomic E-state index is 0.588. The smallest absolute Gasteiger partial charge is 0.0105 e. The maximum Gasteiger partial charge on any atom is 0.0105 e. The molecule has 0 fully saturated rings. The topological polar surface area (TPSA) is 3.24 Å². The molecule has 0 saturated carbocycles. The van der Waals surface area contributed by atoms with Crippen LogP contribution in [0.25, 0.3) is 0 Å². The van der Waals surface area contributed by atoms with Crippen molar-refractivity contribution in [2.45, 2.75) is 19.4 Å². The van der Waals surface area contributed by atoms with Gasteiger partial charge >= 0.3 is 0 Å². The Bertz CT molecular complexity index is 248. The molecule has 0 aliphatic rings. The molecular formula is C12H19NS. The van der Waals surface area contributed by atoms with E-state index in [9.17, 15) is 0 Å². The van der Waals surface area contributed by atoms with Gasteiger partial charge in [-0.25, -0.2) is 0 Å². The van der Waals surface area contributed by atoms with Crippen LogP contribution < -0.4 is 0 Å². The van der Waals surface area contributed by atoms with E-state index in [-0.39, 0.29) is 0 Å². The molecule has 0 N–H and O–H groups in total. The molecule has 0 radical (unpaired) electrons. The van der Waals surface area contributed by atoms with Crippen molar-refractivity contribution in [3.8, 4) is 0 Å². The highest BCUT2D eigenvalue weighted by Crippen LogP contribution is 2.06. The first-order chi connectivity index (χ1) is 6.74. The number of benzene rings is 1. The highest BCUT2D eigenvalue weighted by atomic mass is 32.1. The fraction of sp³-hybridized carbons (Fsp3) is 0.500. The third-order valence-electron chi connectivity index (χ3n) is 2.58. The number of nitrogens with zero attached hydrogens (tertiary/aromatic N) is 1. The third-order valence-corrected chi connectivity index (χ3v) is 2.78. The van der Waals surface area contributed by atoms with Gasteiger partial charge in [0.05, 0.1) is 0 Å². The first-order valence-electron chi connectivity index (χ1n) is 5.09. The van der Waals surface area contributed by atoms with E-state index in [1.54, 1.807) is 0 Å². The Morgan fingerprint density at radius 2 is 1.93 bits per heavy atom. The van der Waals surface area contributed by atoms with Crippen molar-refractivity contribution in [2.24, 2.45) is 0 Å². The summed E-state index contributed by atoms with van der Waals surface area (Å²) in [5.74, 6) is 0.926. The summed E-state index contributed by atoms with van der Waals surface area (Å²) in [5.41, 5.74) is 1.41. The van der Waals surface area contributed by atoms with Gasteiger partial charge in [0.25, 0.3) is 0 Å². The minimum atomic E-state index is 0.588. The van der Waals surface area contributed by atoms with Crippen LogP contribution in [0.4, 0.5) is 0 Å². The fourth-order valence-electron chi connectivity index (χ4n) is 1.49. The second kappa shape index (κ2) is 6.10. The summed E-state index contributed by atoms with van der Waals surface area (Å²) in [4.78, 5) is 2.35. The summed E-state index contributed by atoms with van der Waals surface area (Å²) in [6, 6.07) is 11.2. The Kier molecular flexibility index (Phi) is 5.05. The molecule has 0 amide bonds. The standard InChI is InChI=1S/C12H19NS/c1-11(13(2)8-9-14)10-12-6-4-3-5-7-12/h3-7,11,14H,8-10H2,1-2H3/t11-/m0/s1. The summed E-state index contributed by atoms with van der Waals surface area (Å²) in [7, 11) is 2.16. The summed E-state index contributed by atoms with van der Waals surface area (Å²) >= 11 is 4.24. The van der Waals surface area contributed by atoms with Gasteiger partial charge in [0.1, 0.15) is 0 Å². The Labute approximate surface area is 92.5 Å². The van der Waals surface area contributed by atoms with Crippen molar-refractivity contribution in [3.05, 3.63) is 35.9 Å². The zero-order valence-electron chi connectivity index (χ0n) is 8.98. The summed E-state index contributed by atoms with van der Waals surface area (Å²) in [6.07, 6.45) is 1.12. The lowest BCUT2D eigenvalue weighted by molar-refractivity contribution is 0.272. The third kappa shape index (κ3) is 3.72. The van der Waals surface area contributed by atoms with Crippen LogP contribution in [0.5, 0.6) is 0 Å². The molecule has 1 aromatic carbocycles. The molecule has 0 aliphatic carbocycles. The highest BCUT2D eigenvalue weighted by Gasteiger charge is 2.08. The molecule has 0 aliphatic heterocycles. The molecule has 0 unspecified atom stereocenters. The quantitative estimate of drug-likeness (QED) is 0.729. The SMILES string of the molecule is C[C@@H](Cc1ccccc1)N(C)CCS. The number of likely N-dealkylation sites (N-methyl/N-ethyl adjacent to an activating group) is 1. The average Bonchev–Trinajstić information content (AvgIpc) is 2.19. The van der Waals surface area contributed by atoms with Gasteiger partial charge in [0.15, 0.2) is 0 Å². The van der Waals surface area contributed by atoms with Crippen LogP contribution in [0.1, 0.15) is 12.5 Å². The molecule has 14 heavy (non-hydrogen) atoms. The highest BCUT2D eigenvalue weighted by molar-refractivity contribution is 7.80. The van der Waals surface area contributed by atoms with Crippen LogP contribution in [0.2, 0.25) is 0 Å². The Morgan fingerprint density at radius 3 is 2.50 bits per heavy atom. The fourth-order valence-corrected chi connectivity index (χ4v) is 1.80. The molecule has 1 nitrogen and oxygen atoms in total. The first-order valence-corrected chi connectivity index (χ1v) is 5.72. The molecule has 0 heterocycles. The predicted molar refractivity (Wildman–Crippen MR) is 66.1 cm³/mol. The van der Waals surface area contributed by atoms with Gasteiger partial charge in [-0.15, -0.1) is 0 Å². The molecular weight excluding hydrogens is 190 g/mol. The second-order valence-electron chi connectivity index (χ2n) is 3.74. The normalized spacial score (nSPS) is 13.1. The lowest BCUT2D eigenvalue weighted by atomic mass is 10.1. The Balaban J connectivity index is 2.44. The lowest BCUT2D eigenvalue weighted by Crippen LogP contribution is -2.32. The maximum absolute atomic E-state index is 4.24. The van der Waals surface area contributed by atoms with Crippen LogP contribution in [-0.2, 0) is 6.42 Å². The Morgan fingerprint density at radius 1 is 1.29 bits per heavy atom. The lowest BCUT2D eigenvalue weighted by Gasteiger charge is -2.23. The summed E-state index contributed by atoms with van der Waals surface area (Å²) in [6.45, 7) is 3.31. The van der Waals surface area contributed by atoms with Gasteiger partial charge in [-0.1, -0.05) is 30.3 Å². The summed E-state index contributed by atoms with van der Waals surface area (Å²) < 4.78 is 0. The van der Waals surface area contributed by atoms with E-state index >= 15 is 0 Å². The molecule has 78 valence electrons. The van der Waals surface area contributed by atoms with Crippen LogP contribution in [0.3, 0.4) is 0 Å². The zero-order chi connectivity index (χ0) is 10.4. The van der Waals surface area contributed by atoms with Gasteiger partial charge in [0.2, 0.25) is 0 Å². The molecule has 0 aromatic heterocycles. The van der Waals surface area contributed by atoms with Gasteiger partial charge in [-0.05, 0) is 26.0 Å². The molecule has 0 saturated heterocycles. The van der Waals surface area contributed by atoms with E-state index in [4.69, 9.17) is 0 Å². The molecule has 0 spiro atoms. The van der Waals surface area contributed by atoms with E-state index in [1.165, 1.54) is 5.56 Å². The van der Waals surface area contributed by atoms with Crippen LogP contribution in [-0.4, -0.2) is 30.3 Å². The monoisotopic (exact) mass is 209 g/mol.